The second-order valence-electron chi connectivity index (χ2n) is 5.81. The molecular weight excluding hydrogens is 288 g/mol. The van der Waals surface area contributed by atoms with E-state index in [1.807, 2.05) is 6.07 Å². The predicted molar refractivity (Wildman–Crippen MR) is 94.2 cm³/mol. The van der Waals surface area contributed by atoms with E-state index in [-0.39, 0.29) is 0 Å². The SMILES string of the molecule is c1ccc(-c2ccc(-c3csc(NCC4CC4)n3)cc2)cc1. The number of hydrogen-bond donors (Lipinski definition) is 1. The van der Waals surface area contributed by atoms with Gasteiger partial charge in [0.1, 0.15) is 0 Å². The average Bonchev–Trinajstić information content (AvgIpc) is 3.30. The molecule has 110 valence electrons. The van der Waals surface area contributed by atoms with Crippen molar-refractivity contribution < 1.29 is 0 Å². The lowest BCUT2D eigenvalue weighted by Crippen LogP contribution is -2.02. The first-order chi connectivity index (χ1) is 10.9. The Morgan fingerprint density at radius 2 is 1.59 bits per heavy atom. The molecule has 0 spiro atoms. The van der Waals surface area contributed by atoms with Gasteiger partial charge < -0.3 is 5.32 Å². The third-order valence-corrected chi connectivity index (χ3v) is 4.83. The summed E-state index contributed by atoms with van der Waals surface area (Å²) in [5, 5.41) is 6.61. The van der Waals surface area contributed by atoms with E-state index in [0.717, 1.165) is 23.3 Å². The van der Waals surface area contributed by atoms with Gasteiger partial charge in [0.2, 0.25) is 0 Å². The monoisotopic (exact) mass is 306 g/mol. The maximum Gasteiger partial charge on any atom is 0.183 e. The second-order valence-corrected chi connectivity index (χ2v) is 6.66. The van der Waals surface area contributed by atoms with E-state index in [0.29, 0.717) is 0 Å². The van der Waals surface area contributed by atoms with Gasteiger partial charge in [-0.05, 0) is 29.9 Å². The first kappa shape index (κ1) is 13.5. The Morgan fingerprint density at radius 1 is 0.909 bits per heavy atom. The third-order valence-electron chi connectivity index (χ3n) is 4.03. The van der Waals surface area contributed by atoms with Crippen molar-refractivity contribution in [2.45, 2.75) is 12.8 Å². The summed E-state index contributed by atoms with van der Waals surface area (Å²) in [5.74, 6) is 0.873. The zero-order valence-electron chi connectivity index (χ0n) is 12.3. The summed E-state index contributed by atoms with van der Waals surface area (Å²) in [6.45, 7) is 1.07. The summed E-state index contributed by atoms with van der Waals surface area (Å²) in [6, 6.07) is 19.1. The lowest BCUT2D eigenvalue weighted by molar-refractivity contribution is 0.887. The molecule has 0 saturated heterocycles. The Labute approximate surface area is 134 Å². The molecule has 0 atom stereocenters. The molecule has 4 rings (SSSR count). The van der Waals surface area contributed by atoms with Gasteiger partial charge in [0.15, 0.2) is 5.13 Å². The molecule has 1 aliphatic rings. The van der Waals surface area contributed by atoms with Crippen LogP contribution < -0.4 is 5.32 Å². The normalized spacial score (nSPS) is 14.0. The summed E-state index contributed by atoms with van der Waals surface area (Å²) >= 11 is 1.69. The second kappa shape index (κ2) is 5.93. The van der Waals surface area contributed by atoms with Crippen molar-refractivity contribution in [2.75, 3.05) is 11.9 Å². The molecule has 1 saturated carbocycles. The van der Waals surface area contributed by atoms with E-state index >= 15 is 0 Å². The summed E-state index contributed by atoms with van der Waals surface area (Å²) < 4.78 is 0. The molecule has 1 N–H and O–H groups in total. The van der Waals surface area contributed by atoms with Crippen LogP contribution in [0.3, 0.4) is 0 Å². The Hall–Kier alpha value is -2.13. The smallest absolute Gasteiger partial charge is 0.183 e. The van der Waals surface area contributed by atoms with Crippen molar-refractivity contribution in [2.24, 2.45) is 5.92 Å². The predicted octanol–water partition coefficient (Wildman–Crippen LogP) is 5.30. The first-order valence-electron chi connectivity index (χ1n) is 7.74. The van der Waals surface area contributed by atoms with Crippen LogP contribution in [0.5, 0.6) is 0 Å². The Balaban J connectivity index is 1.50. The number of anilines is 1. The van der Waals surface area contributed by atoms with Gasteiger partial charge in [0.25, 0.3) is 0 Å². The number of thiazole rings is 1. The topological polar surface area (TPSA) is 24.9 Å². The number of aromatic nitrogens is 1. The van der Waals surface area contributed by atoms with Gasteiger partial charge in [0, 0.05) is 17.5 Å². The van der Waals surface area contributed by atoms with Crippen LogP contribution in [-0.2, 0) is 0 Å². The van der Waals surface area contributed by atoms with Crippen molar-refractivity contribution in [1.82, 2.24) is 4.98 Å². The fourth-order valence-electron chi connectivity index (χ4n) is 2.51. The highest BCUT2D eigenvalue weighted by Gasteiger charge is 2.21. The maximum atomic E-state index is 4.69. The molecule has 0 radical (unpaired) electrons. The minimum atomic E-state index is 0.873. The van der Waals surface area contributed by atoms with Crippen LogP contribution in [0.15, 0.2) is 60.0 Å². The van der Waals surface area contributed by atoms with Crippen molar-refractivity contribution in [3.05, 3.63) is 60.0 Å². The molecule has 1 fully saturated rings. The van der Waals surface area contributed by atoms with E-state index < -0.39 is 0 Å². The van der Waals surface area contributed by atoms with Crippen molar-refractivity contribution in [3.63, 3.8) is 0 Å². The first-order valence-corrected chi connectivity index (χ1v) is 8.62. The molecule has 3 heteroatoms. The molecule has 0 unspecified atom stereocenters. The number of rotatable bonds is 5. The van der Waals surface area contributed by atoms with Crippen LogP contribution >= 0.6 is 11.3 Å². The van der Waals surface area contributed by atoms with Crippen molar-refractivity contribution in [3.8, 4) is 22.4 Å². The zero-order valence-corrected chi connectivity index (χ0v) is 13.1. The molecular formula is C19H18N2S. The summed E-state index contributed by atoms with van der Waals surface area (Å²) in [7, 11) is 0. The standard InChI is InChI=1S/C19H18N2S/c1-2-4-15(5-3-1)16-8-10-17(11-9-16)18-13-22-19(21-18)20-12-14-6-7-14/h1-5,8-11,13-14H,6-7,12H2,(H,20,21). The Bertz CT molecular complexity index is 743. The molecule has 2 nitrogen and oxygen atoms in total. The minimum Gasteiger partial charge on any atom is -0.361 e. The summed E-state index contributed by atoms with van der Waals surface area (Å²) in [4.78, 5) is 4.69. The van der Waals surface area contributed by atoms with Gasteiger partial charge in [-0.3, -0.25) is 0 Å². The van der Waals surface area contributed by atoms with Crippen LogP contribution in [-0.4, -0.2) is 11.5 Å². The zero-order chi connectivity index (χ0) is 14.8. The van der Waals surface area contributed by atoms with Gasteiger partial charge in [0.05, 0.1) is 5.69 Å². The average molecular weight is 306 g/mol. The van der Waals surface area contributed by atoms with Crippen molar-refractivity contribution >= 4 is 16.5 Å². The highest BCUT2D eigenvalue weighted by molar-refractivity contribution is 7.14. The molecule has 0 amide bonds. The largest absolute Gasteiger partial charge is 0.361 e. The Morgan fingerprint density at radius 3 is 2.32 bits per heavy atom. The summed E-state index contributed by atoms with van der Waals surface area (Å²) in [6.07, 6.45) is 2.73. The maximum absolute atomic E-state index is 4.69. The molecule has 2 aromatic carbocycles. The molecule has 1 aliphatic carbocycles. The van der Waals surface area contributed by atoms with Gasteiger partial charge in [-0.15, -0.1) is 11.3 Å². The van der Waals surface area contributed by atoms with E-state index in [1.165, 1.54) is 29.5 Å². The number of hydrogen-bond acceptors (Lipinski definition) is 3. The molecule has 0 aliphatic heterocycles. The Kier molecular flexibility index (Phi) is 3.65. The van der Waals surface area contributed by atoms with Crippen LogP contribution in [0.4, 0.5) is 5.13 Å². The van der Waals surface area contributed by atoms with E-state index in [9.17, 15) is 0 Å². The van der Waals surface area contributed by atoms with E-state index in [1.54, 1.807) is 11.3 Å². The fraction of sp³-hybridized carbons (Fsp3) is 0.211. The lowest BCUT2D eigenvalue weighted by Gasteiger charge is -2.03. The fourth-order valence-corrected chi connectivity index (χ4v) is 3.23. The van der Waals surface area contributed by atoms with Crippen LogP contribution in [0.2, 0.25) is 0 Å². The van der Waals surface area contributed by atoms with Crippen LogP contribution in [0.1, 0.15) is 12.8 Å². The molecule has 3 aromatic rings. The molecule has 0 bridgehead atoms. The number of nitrogens with one attached hydrogen (secondary N) is 1. The molecule has 22 heavy (non-hydrogen) atoms. The van der Waals surface area contributed by atoms with Crippen LogP contribution in [0.25, 0.3) is 22.4 Å². The van der Waals surface area contributed by atoms with Gasteiger partial charge in [-0.25, -0.2) is 4.98 Å². The third kappa shape index (κ3) is 3.04. The quantitative estimate of drug-likeness (QED) is 0.692. The lowest BCUT2D eigenvalue weighted by atomic mass is 10.0. The van der Waals surface area contributed by atoms with Crippen molar-refractivity contribution in [1.29, 1.82) is 0 Å². The van der Waals surface area contributed by atoms with Crippen LogP contribution in [0, 0.1) is 5.92 Å². The van der Waals surface area contributed by atoms with Gasteiger partial charge in [-0.2, -0.15) is 0 Å². The van der Waals surface area contributed by atoms with E-state index in [2.05, 4.69) is 59.2 Å². The molecule has 1 heterocycles. The van der Waals surface area contributed by atoms with Gasteiger partial charge >= 0.3 is 0 Å². The van der Waals surface area contributed by atoms with E-state index in [4.69, 9.17) is 4.98 Å². The highest BCUT2D eigenvalue weighted by atomic mass is 32.1. The minimum absolute atomic E-state index is 0.873. The molecule has 1 aromatic heterocycles. The number of benzene rings is 2. The summed E-state index contributed by atoms with van der Waals surface area (Å²) in [5.41, 5.74) is 4.73. The highest BCUT2D eigenvalue weighted by Crippen LogP contribution is 2.31. The number of nitrogens with zero attached hydrogens (tertiary/aromatic N) is 1. The van der Waals surface area contributed by atoms with Gasteiger partial charge in [-0.1, -0.05) is 54.6 Å².